The Bertz CT molecular complexity index is 891. The van der Waals surface area contributed by atoms with E-state index in [-0.39, 0.29) is 12.5 Å². The number of carbonyl (C=O) groups is 3. The first-order valence-electron chi connectivity index (χ1n) is 9.76. The van der Waals surface area contributed by atoms with Crippen molar-refractivity contribution in [2.24, 2.45) is 5.92 Å². The first kappa shape index (κ1) is 20.6. The number of nitrogens with one attached hydrogen (secondary N) is 1. The highest BCUT2D eigenvalue weighted by Gasteiger charge is 2.28. The Morgan fingerprint density at radius 3 is 2.66 bits per heavy atom. The maximum Gasteiger partial charge on any atom is 0.339 e. The molecule has 0 bridgehead atoms. The van der Waals surface area contributed by atoms with Crippen LogP contribution in [0.15, 0.2) is 48.5 Å². The van der Waals surface area contributed by atoms with E-state index in [1.54, 1.807) is 12.1 Å². The molecule has 0 radical (unpaired) electrons. The molecule has 3 rings (SSSR count). The molecule has 1 atom stereocenters. The largest absolute Gasteiger partial charge is 0.454 e. The molecule has 6 nitrogen and oxygen atoms in total. The van der Waals surface area contributed by atoms with Crippen molar-refractivity contribution in [3.05, 3.63) is 70.8 Å². The van der Waals surface area contributed by atoms with Crippen LogP contribution in [0.1, 0.15) is 58.2 Å². The van der Waals surface area contributed by atoms with Crippen molar-refractivity contribution >= 4 is 17.8 Å². The number of esters is 2. The van der Waals surface area contributed by atoms with Gasteiger partial charge in [0.25, 0.3) is 5.91 Å². The quantitative estimate of drug-likeness (QED) is 0.726. The fraction of sp³-hybridized carbons (Fsp3) is 0.348. The minimum Gasteiger partial charge on any atom is -0.454 e. The molecule has 1 heterocycles. The average molecular weight is 395 g/mol. The highest BCUT2D eigenvalue weighted by Crippen LogP contribution is 2.31. The van der Waals surface area contributed by atoms with Crippen molar-refractivity contribution in [1.29, 1.82) is 0 Å². The van der Waals surface area contributed by atoms with Crippen LogP contribution in [0, 0.1) is 5.92 Å². The number of amides is 1. The molecule has 0 saturated carbocycles. The number of fused-ring (bicyclic) bond motifs is 1. The highest BCUT2D eigenvalue weighted by atomic mass is 16.5. The molecule has 0 aliphatic carbocycles. The molecule has 1 aliphatic heterocycles. The van der Waals surface area contributed by atoms with Crippen LogP contribution < -0.4 is 5.32 Å². The predicted octanol–water partition coefficient (Wildman–Crippen LogP) is 3.46. The highest BCUT2D eigenvalue weighted by molar-refractivity contribution is 5.96. The van der Waals surface area contributed by atoms with E-state index in [0.29, 0.717) is 30.0 Å². The number of hydrogen-bond acceptors (Lipinski definition) is 5. The Kier molecular flexibility index (Phi) is 6.65. The second kappa shape index (κ2) is 9.37. The van der Waals surface area contributed by atoms with Crippen molar-refractivity contribution in [1.82, 2.24) is 5.32 Å². The van der Waals surface area contributed by atoms with Gasteiger partial charge in [-0.25, -0.2) is 9.59 Å². The molecule has 0 aromatic heterocycles. The van der Waals surface area contributed by atoms with Crippen molar-refractivity contribution in [2.45, 2.75) is 32.8 Å². The molecular weight excluding hydrogens is 370 g/mol. The first-order chi connectivity index (χ1) is 13.9. The van der Waals surface area contributed by atoms with Gasteiger partial charge in [-0.15, -0.1) is 0 Å². The molecule has 0 fully saturated rings. The standard InChI is InChI=1S/C23H25NO5/c1-15(2)10-11-24-21(25)14-28-22(26)17-8-9-19-18(12-17)13-20(29-23(19)27)16-6-4-3-5-7-16/h3-9,12,15,20H,10-11,13-14H2,1-2H3,(H,24,25)/t20-/m1/s1. The number of benzene rings is 2. The van der Waals surface area contributed by atoms with E-state index in [9.17, 15) is 14.4 Å². The van der Waals surface area contributed by atoms with Gasteiger partial charge in [0.2, 0.25) is 0 Å². The van der Waals surface area contributed by atoms with Gasteiger partial charge in [0, 0.05) is 13.0 Å². The second-order valence-corrected chi connectivity index (χ2v) is 7.49. The zero-order valence-corrected chi connectivity index (χ0v) is 16.6. The SMILES string of the molecule is CC(C)CCNC(=O)COC(=O)c1ccc2c(c1)C[C@H](c1ccccc1)OC2=O. The lowest BCUT2D eigenvalue weighted by molar-refractivity contribution is -0.124. The molecule has 29 heavy (non-hydrogen) atoms. The smallest absolute Gasteiger partial charge is 0.339 e. The van der Waals surface area contributed by atoms with Gasteiger partial charge in [-0.1, -0.05) is 44.2 Å². The van der Waals surface area contributed by atoms with Gasteiger partial charge in [0.1, 0.15) is 6.10 Å². The molecule has 0 unspecified atom stereocenters. The Labute approximate surface area is 170 Å². The van der Waals surface area contributed by atoms with Crippen LogP contribution in [0.4, 0.5) is 0 Å². The van der Waals surface area contributed by atoms with Crippen LogP contribution in [-0.4, -0.2) is 31.0 Å². The zero-order valence-electron chi connectivity index (χ0n) is 16.6. The Morgan fingerprint density at radius 1 is 1.17 bits per heavy atom. The fourth-order valence-electron chi connectivity index (χ4n) is 3.14. The number of cyclic esters (lactones) is 1. The number of carbonyl (C=O) groups excluding carboxylic acids is 3. The Hall–Kier alpha value is -3.15. The molecule has 152 valence electrons. The number of ether oxygens (including phenoxy) is 2. The van der Waals surface area contributed by atoms with E-state index in [4.69, 9.17) is 9.47 Å². The molecule has 2 aromatic rings. The topological polar surface area (TPSA) is 81.7 Å². The summed E-state index contributed by atoms with van der Waals surface area (Å²) in [5, 5.41) is 2.72. The summed E-state index contributed by atoms with van der Waals surface area (Å²) in [6.07, 6.45) is 0.944. The average Bonchev–Trinajstić information content (AvgIpc) is 2.72. The van der Waals surface area contributed by atoms with Crippen LogP contribution in [0.5, 0.6) is 0 Å². The van der Waals surface area contributed by atoms with Gasteiger partial charge in [0.15, 0.2) is 6.61 Å². The number of hydrogen-bond donors (Lipinski definition) is 1. The molecule has 1 N–H and O–H groups in total. The molecule has 0 saturated heterocycles. The van der Waals surface area contributed by atoms with Crippen LogP contribution in [0.3, 0.4) is 0 Å². The third-order valence-corrected chi connectivity index (χ3v) is 4.77. The first-order valence-corrected chi connectivity index (χ1v) is 9.76. The third kappa shape index (κ3) is 5.44. The monoisotopic (exact) mass is 395 g/mol. The third-order valence-electron chi connectivity index (χ3n) is 4.77. The van der Waals surface area contributed by atoms with Gasteiger partial charge in [-0.3, -0.25) is 4.79 Å². The van der Waals surface area contributed by atoms with Crippen LogP contribution in [0.25, 0.3) is 0 Å². The van der Waals surface area contributed by atoms with E-state index in [0.717, 1.165) is 17.5 Å². The van der Waals surface area contributed by atoms with Gasteiger partial charge < -0.3 is 14.8 Å². The number of rotatable bonds is 7. The van der Waals surface area contributed by atoms with Crippen LogP contribution >= 0.6 is 0 Å². The van der Waals surface area contributed by atoms with E-state index >= 15 is 0 Å². The molecule has 6 heteroatoms. The summed E-state index contributed by atoms with van der Waals surface area (Å²) in [5.41, 5.74) is 2.38. The Morgan fingerprint density at radius 2 is 1.93 bits per heavy atom. The minimum absolute atomic E-state index is 0.306. The normalized spacial score (nSPS) is 15.4. The van der Waals surface area contributed by atoms with Gasteiger partial charge in [0.05, 0.1) is 11.1 Å². The lowest BCUT2D eigenvalue weighted by atomic mass is 9.93. The molecule has 1 aliphatic rings. The van der Waals surface area contributed by atoms with Crippen LogP contribution in [0.2, 0.25) is 0 Å². The summed E-state index contributed by atoms with van der Waals surface area (Å²) < 4.78 is 10.6. The van der Waals surface area contributed by atoms with Crippen LogP contribution in [-0.2, 0) is 20.7 Å². The zero-order chi connectivity index (χ0) is 20.8. The summed E-state index contributed by atoms with van der Waals surface area (Å²) in [4.78, 5) is 36.4. The maximum absolute atomic E-state index is 12.3. The van der Waals surface area contributed by atoms with Crippen molar-refractivity contribution in [2.75, 3.05) is 13.2 Å². The molecule has 1 amide bonds. The van der Waals surface area contributed by atoms with Gasteiger partial charge in [-0.2, -0.15) is 0 Å². The summed E-state index contributed by atoms with van der Waals surface area (Å²) in [6, 6.07) is 14.2. The van der Waals surface area contributed by atoms with E-state index in [2.05, 4.69) is 19.2 Å². The van der Waals surface area contributed by atoms with Gasteiger partial charge in [-0.05, 0) is 41.7 Å². The van der Waals surface area contributed by atoms with E-state index in [1.807, 2.05) is 30.3 Å². The summed E-state index contributed by atoms with van der Waals surface area (Å²) in [6.45, 7) is 4.36. The molecule has 2 aromatic carbocycles. The van der Waals surface area contributed by atoms with E-state index in [1.165, 1.54) is 6.07 Å². The maximum atomic E-state index is 12.3. The summed E-state index contributed by atoms with van der Waals surface area (Å²) in [7, 11) is 0. The Balaban J connectivity index is 1.63. The molecule has 0 spiro atoms. The lowest BCUT2D eigenvalue weighted by Gasteiger charge is -2.25. The van der Waals surface area contributed by atoms with Crippen molar-refractivity contribution in [3.63, 3.8) is 0 Å². The van der Waals surface area contributed by atoms with Crippen molar-refractivity contribution in [3.8, 4) is 0 Å². The van der Waals surface area contributed by atoms with Gasteiger partial charge >= 0.3 is 11.9 Å². The second-order valence-electron chi connectivity index (χ2n) is 7.49. The van der Waals surface area contributed by atoms with E-state index < -0.39 is 18.0 Å². The predicted molar refractivity (Wildman–Crippen MR) is 107 cm³/mol. The fourth-order valence-corrected chi connectivity index (χ4v) is 3.14. The molecular formula is C23H25NO5. The minimum atomic E-state index is -0.595. The summed E-state index contributed by atoms with van der Waals surface area (Å²) >= 11 is 0. The lowest BCUT2D eigenvalue weighted by Crippen LogP contribution is -2.30. The van der Waals surface area contributed by atoms with Crippen molar-refractivity contribution < 1.29 is 23.9 Å². The summed E-state index contributed by atoms with van der Waals surface area (Å²) in [5.74, 6) is -0.851.